The van der Waals surface area contributed by atoms with E-state index < -0.39 is 6.03 Å². The molecule has 0 aliphatic heterocycles. The minimum absolute atomic E-state index is 0.111. The first-order valence-corrected chi connectivity index (χ1v) is 8.60. The Bertz CT molecular complexity index is 558. The van der Waals surface area contributed by atoms with Gasteiger partial charge in [0.2, 0.25) is 0 Å². The average molecular weight is 352 g/mol. The number of amides is 2. The van der Waals surface area contributed by atoms with Gasteiger partial charge in [0.25, 0.3) is 0 Å². The number of benzene rings is 1. The van der Waals surface area contributed by atoms with E-state index >= 15 is 0 Å². The van der Waals surface area contributed by atoms with Gasteiger partial charge in [0.1, 0.15) is 0 Å². The van der Waals surface area contributed by atoms with Gasteiger partial charge in [0.05, 0.1) is 13.7 Å². The topological polar surface area (TPSA) is 82.8 Å². The molecule has 1 unspecified atom stereocenters. The van der Waals surface area contributed by atoms with Crippen molar-refractivity contribution in [1.82, 2.24) is 5.32 Å². The van der Waals surface area contributed by atoms with Crippen LogP contribution in [-0.4, -0.2) is 39.5 Å². The van der Waals surface area contributed by atoms with Gasteiger partial charge in [0, 0.05) is 31.6 Å². The highest BCUT2D eigenvalue weighted by Crippen LogP contribution is 2.37. The van der Waals surface area contributed by atoms with Crippen molar-refractivity contribution in [2.45, 2.75) is 45.6 Å². The smallest absolute Gasteiger partial charge is 0.312 e. The first-order valence-electron chi connectivity index (χ1n) is 8.60. The number of hydrogen-bond acceptors (Lipinski definition) is 4. The summed E-state index contributed by atoms with van der Waals surface area (Å²) in [6.45, 7) is 9.49. The molecule has 0 aromatic heterocycles. The largest absolute Gasteiger partial charge is 0.493 e. The maximum Gasteiger partial charge on any atom is 0.312 e. The van der Waals surface area contributed by atoms with Gasteiger partial charge < -0.3 is 25.3 Å². The molecule has 0 saturated heterocycles. The van der Waals surface area contributed by atoms with E-state index in [0.29, 0.717) is 24.7 Å². The minimum Gasteiger partial charge on any atom is -0.493 e. The fraction of sp³-hybridized carbons (Fsp3) is 0.632. The van der Waals surface area contributed by atoms with E-state index in [1.165, 1.54) is 0 Å². The zero-order valence-electron chi connectivity index (χ0n) is 16.2. The highest BCUT2D eigenvalue weighted by molar-refractivity contribution is 5.72. The standard InChI is InChI=1S/C19H32N2O4/c1-13(2)17(21-18(20)22)19(3,4)14-8-9-15(24-6)16(12-14)25-11-7-10-23-5/h8-9,12-13,17H,7,10-11H2,1-6H3,(H3,20,21,22). The van der Waals surface area contributed by atoms with Crippen molar-refractivity contribution in [3.05, 3.63) is 23.8 Å². The number of ether oxygens (including phenoxy) is 3. The molecule has 142 valence electrons. The molecule has 2 amide bonds. The van der Waals surface area contributed by atoms with Crippen LogP contribution in [0.1, 0.15) is 39.7 Å². The summed E-state index contributed by atoms with van der Waals surface area (Å²) in [6, 6.07) is 5.24. The van der Waals surface area contributed by atoms with E-state index in [1.807, 2.05) is 18.2 Å². The van der Waals surface area contributed by atoms with Crippen molar-refractivity contribution in [1.29, 1.82) is 0 Å². The van der Waals surface area contributed by atoms with E-state index in [9.17, 15) is 4.79 Å². The molecule has 6 nitrogen and oxygen atoms in total. The summed E-state index contributed by atoms with van der Waals surface area (Å²) in [5.74, 6) is 1.59. The summed E-state index contributed by atoms with van der Waals surface area (Å²) in [4.78, 5) is 11.4. The number of urea groups is 1. The fourth-order valence-corrected chi connectivity index (χ4v) is 3.09. The van der Waals surface area contributed by atoms with Gasteiger partial charge in [0.15, 0.2) is 11.5 Å². The predicted molar refractivity (Wildman–Crippen MR) is 99.4 cm³/mol. The Morgan fingerprint density at radius 2 is 1.88 bits per heavy atom. The molecule has 1 aromatic rings. The van der Waals surface area contributed by atoms with Gasteiger partial charge in [-0.1, -0.05) is 33.8 Å². The van der Waals surface area contributed by atoms with Crippen LogP contribution in [0.5, 0.6) is 11.5 Å². The molecule has 0 aliphatic rings. The molecule has 1 atom stereocenters. The number of carbonyl (C=O) groups is 1. The molecule has 0 bridgehead atoms. The van der Waals surface area contributed by atoms with Gasteiger partial charge in [-0.2, -0.15) is 0 Å². The highest BCUT2D eigenvalue weighted by atomic mass is 16.5. The zero-order chi connectivity index (χ0) is 19.0. The molecular weight excluding hydrogens is 320 g/mol. The predicted octanol–water partition coefficient (Wildman–Crippen LogP) is 3.08. The maximum absolute atomic E-state index is 11.4. The van der Waals surface area contributed by atoms with Crippen LogP contribution in [0.4, 0.5) is 4.79 Å². The van der Waals surface area contributed by atoms with Gasteiger partial charge in [-0.05, 0) is 23.6 Å². The molecule has 0 aliphatic carbocycles. The van der Waals surface area contributed by atoms with Crippen molar-refractivity contribution in [2.75, 3.05) is 27.4 Å². The summed E-state index contributed by atoms with van der Waals surface area (Å²) >= 11 is 0. The highest BCUT2D eigenvalue weighted by Gasteiger charge is 2.35. The van der Waals surface area contributed by atoms with Crippen LogP contribution >= 0.6 is 0 Å². The summed E-state index contributed by atoms with van der Waals surface area (Å²) < 4.78 is 16.3. The molecule has 1 rings (SSSR count). The Balaban J connectivity index is 3.10. The van der Waals surface area contributed by atoms with Crippen molar-refractivity contribution in [3.8, 4) is 11.5 Å². The molecule has 0 radical (unpaired) electrons. The van der Waals surface area contributed by atoms with Crippen LogP contribution in [0.15, 0.2) is 18.2 Å². The molecular formula is C19H32N2O4. The Hall–Kier alpha value is -1.95. The summed E-state index contributed by atoms with van der Waals surface area (Å²) in [5.41, 5.74) is 6.08. The quantitative estimate of drug-likeness (QED) is 0.634. The SMILES string of the molecule is COCCCOc1cc(C(C)(C)C(NC(N)=O)C(C)C)ccc1OC. The molecule has 0 fully saturated rings. The molecule has 3 N–H and O–H groups in total. The number of primary amides is 1. The Kier molecular flexibility index (Phi) is 8.03. The number of carbonyl (C=O) groups excluding carboxylic acids is 1. The first kappa shape index (κ1) is 21.1. The van der Waals surface area contributed by atoms with E-state index in [4.69, 9.17) is 19.9 Å². The third kappa shape index (κ3) is 5.81. The van der Waals surface area contributed by atoms with Gasteiger partial charge >= 0.3 is 6.03 Å². The number of hydrogen-bond donors (Lipinski definition) is 2. The van der Waals surface area contributed by atoms with Crippen LogP contribution in [0.25, 0.3) is 0 Å². The lowest BCUT2D eigenvalue weighted by Crippen LogP contribution is -2.52. The van der Waals surface area contributed by atoms with E-state index in [1.54, 1.807) is 14.2 Å². The molecule has 1 aromatic carbocycles. The number of methoxy groups -OCH3 is 2. The lowest BCUT2D eigenvalue weighted by molar-refractivity contribution is 0.170. The Morgan fingerprint density at radius 1 is 1.20 bits per heavy atom. The maximum atomic E-state index is 11.4. The van der Waals surface area contributed by atoms with Crippen LogP contribution in [0.2, 0.25) is 0 Å². The van der Waals surface area contributed by atoms with Gasteiger partial charge in [-0.25, -0.2) is 4.79 Å². The van der Waals surface area contributed by atoms with Crippen LogP contribution in [-0.2, 0) is 10.2 Å². The van der Waals surface area contributed by atoms with Crippen molar-refractivity contribution in [2.24, 2.45) is 11.7 Å². The summed E-state index contributed by atoms with van der Waals surface area (Å²) in [5, 5.41) is 2.88. The number of rotatable bonds is 10. The van der Waals surface area contributed by atoms with Crippen LogP contribution in [0.3, 0.4) is 0 Å². The zero-order valence-corrected chi connectivity index (χ0v) is 16.2. The minimum atomic E-state index is -0.517. The lowest BCUT2D eigenvalue weighted by Gasteiger charge is -2.38. The molecule has 25 heavy (non-hydrogen) atoms. The third-order valence-electron chi connectivity index (χ3n) is 4.40. The van der Waals surface area contributed by atoms with Crippen molar-refractivity contribution in [3.63, 3.8) is 0 Å². The molecule has 0 heterocycles. The number of nitrogens with one attached hydrogen (secondary N) is 1. The van der Waals surface area contributed by atoms with Crippen LogP contribution < -0.4 is 20.5 Å². The second-order valence-corrected chi connectivity index (χ2v) is 7.01. The summed E-state index contributed by atoms with van der Waals surface area (Å²) in [6.07, 6.45) is 0.797. The van der Waals surface area contributed by atoms with E-state index in [-0.39, 0.29) is 17.4 Å². The molecule has 0 saturated carbocycles. The van der Waals surface area contributed by atoms with Crippen molar-refractivity contribution < 1.29 is 19.0 Å². The van der Waals surface area contributed by atoms with Crippen molar-refractivity contribution >= 4 is 6.03 Å². The van der Waals surface area contributed by atoms with Gasteiger partial charge in [-0.15, -0.1) is 0 Å². The summed E-state index contributed by atoms with van der Waals surface area (Å²) in [7, 11) is 3.29. The normalized spacial score (nSPS) is 12.8. The fourth-order valence-electron chi connectivity index (χ4n) is 3.09. The molecule has 0 spiro atoms. The van der Waals surface area contributed by atoms with E-state index in [2.05, 4.69) is 33.0 Å². The first-order chi connectivity index (χ1) is 11.7. The monoisotopic (exact) mass is 352 g/mol. The average Bonchev–Trinajstić information content (AvgIpc) is 2.55. The Morgan fingerprint density at radius 3 is 2.40 bits per heavy atom. The molecule has 6 heteroatoms. The number of nitrogens with two attached hydrogens (primary N) is 1. The lowest BCUT2D eigenvalue weighted by atomic mass is 9.73. The third-order valence-corrected chi connectivity index (χ3v) is 4.40. The Labute approximate surface area is 151 Å². The van der Waals surface area contributed by atoms with Crippen LogP contribution in [0, 0.1) is 5.92 Å². The van der Waals surface area contributed by atoms with E-state index in [0.717, 1.165) is 12.0 Å². The second kappa shape index (κ2) is 9.51. The second-order valence-electron chi connectivity index (χ2n) is 7.01. The van der Waals surface area contributed by atoms with Gasteiger partial charge in [-0.3, -0.25) is 0 Å².